The van der Waals surface area contributed by atoms with Crippen LogP contribution >= 0.6 is 22.6 Å². The molecule has 1 aromatic heterocycles. The summed E-state index contributed by atoms with van der Waals surface area (Å²) in [6.07, 6.45) is 2.72. The van der Waals surface area contributed by atoms with Gasteiger partial charge in [0.05, 0.1) is 3.57 Å². The van der Waals surface area contributed by atoms with Crippen LogP contribution in [-0.4, -0.2) is 23.1 Å². The van der Waals surface area contributed by atoms with Crippen molar-refractivity contribution in [2.75, 3.05) is 11.9 Å². The Kier molecular flexibility index (Phi) is 5.66. The van der Waals surface area contributed by atoms with Crippen molar-refractivity contribution < 1.29 is 13.5 Å². The van der Waals surface area contributed by atoms with Crippen molar-refractivity contribution >= 4 is 28.4 Å². The highest BCUT2D eigenvalue weighted by Crippen LogP contribution is 2.23. The van der Waals surface area contributed by atoms with Crippen LogP contribution in [-0.2, 0) is 0 Å². The molecule has 1 heterocycles. The number of hydrogen-bond donors (Lipinski definition) is 1. The molecule has 0 radical (unpaired) electrons. The van der Waals surface area contributed by atoms with E-state index in [1.807, 2.05) is 0 Å². The van der Waals surface area contributed by atoms with E-state index in [1.54, 1.807) is 18.3 Å². The Bertz CT molecular complexity index is 593. The Morgan fingerprint density at radius 2 is 2.00 bits per heavy atom. The lowest BCUT2D eigenvalue weighted by Crippen LogP contribution is -2.05. The molecule has 2 rings (SSSR count). The van der Waals surface area contributed by atoms with Crippen LogP contribution in [0.25, 0.3) is 11.4 Å². The Morgan fingerprint density at radius 3 is 2.62 bits per heavy atom. The number of nitrogens with one attached hydrogen (secondary N) is 1. The van der Waals surface area contributed by atoms with E-state index in [9.17, 15) is 8.78 Å². The molecule has 0 unspecified atom stereocenters. The molecule has 0 atom stereocenters. The lowest BCUT2D eigenvalue weighted by atomic mass is 10.2. The van der Waals surface area contributed by atoms with Crippen LogP contribution < -0.4 is 10.1 Å². The number of benzene rings is 1. The highest BCUT2D eigenvalue weighted by atomic mass is 127. The second-order valence-corrected chi connectivity index (χ2v) is 5.38. The molecule has 0 fully saturated rings. The van der Waals surface area contributed by atoms with Gasteiger partial charge in [0.1, 0.15) is 11.6 Å². The van der Waals surface area contributed by atoms with Gasteiger partial charge in [-0.25, -0.2) is 9.97 Å². The molecule has 112 valence electrons. The quantitative estimate of drug-likeness (QED) is 0.733. The summed E-state index contributed by atoms with van der Waals surface area (Å²) >= 11 is 2.16. The van der Waals surface area contributed by atoms with Crippen molar-refractivity contribution in [3.63, 3.8) is 0 Å². The van der Waals surface area contributed by atoms with Crippen molar-refractivity contribution in [2.24, 2.45) is 0 Å². The Morgan fingerprint density at radius 1 is 1.29 bits per heavy atom. The molecule has 0 aliphatic rings. The van der Waals surface area contributed by atoms with Crippen molar-refractivity contribution in [1.82, 2.24) is 9.97 Å². The molecule has 7 heteroatoms. The van der Waals surface area contributed by atoms with Crippen LogP contribution in [0, 0.1) is 3.57 Å². The zero-order valence-electron chi connectivity index (χ0n) is 11.3. The van der Waals surface area contributed by atoms with E-state index in [-0.39, 0.29) is 5.75 Å². The maximum Gasteiger partial charge on any atom is 0.387 e. The maximum atomic E-state index is 12.1. The lowest BCUT2D eigenvalue weighted by Gasteiger charge is -2.09. The predicted molar refractivity (Wildman–Crippen MR) is 85.6 cm³/mol. The van der Waals surface area contributed by atoms with Gasteiger partial charge < -0.3 is 10.1 Å². The number of halogens is 3. The van der Waals surface area contributed by atoms with Crippen LogP contribution in [0.3, 0.4) is 0 Å². The topological polar surface area (TPSA) is 47.0 Å². The lowest BCUT2D eigenvalue weighted by molar-refractivity contribution is -0.0498. The standard InChI is InChI=1S/C14H14F2IN3O/c1-2-7-18-13-11(17)8-19-12(20-13)9-3-5-10(6-4-9)21-14(15)16/h3-6,8,14H,2,7H2,1H3,(H,18,19,20). The van der Waals surface area contributed by atoms with E-state index < -0.39 is 6.61 Å². The molecule has 4 nitrogen and oxygen atoms in total. The summed E-state index contributed by atoms with van der Waals surface area (Å²) in [7, 11) is 0. The van der Waals surface area contributed by atoms with Crippen molar-refractivity contribution in [3.05, 3.63) is 34.0 Å². The van der Waals surface area contributed by atoms with E-state index in [1.165, 1.54) is 12.1 Å². The third kappa shape index (κ3) is 4.48. The highest BCUT2D eigenvalue weighted by Gasteiger charge is 2.08. The van der Waals surface area contributed by atoms with Crippen LogP contribution in [0.15, 0.2) is 30.5 Å². The molecule has 0 spiro atoms. The molecule has 2 aromatic rings. The monoisotopic (exact) mass is 405 g/mol. The highest BCUT2D eigenvalue weighted by molar-refractivity contribution is 14.1. The summed E-state index contributed by atoms with van der Waals surface area (Å²) in [5.74, 6) is 1.43. The number of rotatable bonds is 6. The summed E-state index contributed by atoms with van der Waals surface area (Å²) in [6, 6.07) is 6.26. The van der Waals surface area contributed by atoms with Crippen LogP contribution in [0.4, 0.5) is 14.6 Å². The van der Waals surface area contributed by atoms with E-state index in [0.29, 0.717) is 5.82 Å². The van der Waals surface area contributed by atoms with Crippen molar-refractivity contribution in [1.29, 1.82) is 0 Å². The second kappa shape index (κ2) is 7.48. The SMILES string of the molecule is CCCNc1nc(-c2ccc(OC(F)F)cc2)ncc1I. The fraction of sp³-hybridized carbons (Fsp3) is 0.286. The molecule has 1 aromatic carbocycles. The van der Waals surface area contributed by atoms with Crippen molar-refractivity contribution in [2.45, 2.75) is 20.0 Å². The molecule has 0 amide bonds. The van der Waals surface area contributed by atoms with Gasteiger partial charge in [0, 0.05) is 18.3 Å². The summed E-state index contributed by atoms with van der Waals surface area (Å²) < 4.78 is 29.5. The number of anilines is 1. The Labute approximate surface area is 135 Å². The fourth-order valence-corrected chi connectivity index (χ4v) is 2.11. The zero-order valence-corrected chi connectivity index (χ0v) is 13.5. The van der Waals surface area contributed by atoms with E-state index in [2.05, 4.69) is 49.5 Å². The first-order valence-electron chi connectivity index (χ1n) is 6.41. The number of aromatic nitrogens is 2. The van der Waals surface area contributed by atoms with Gasteiger partial charge in [0.25, 0.3) is 0 Å². The largest absolute Gasteiger partial charge is 0.435 e. The molecule has 0 saturated heterocycles. The van der Waals surface area contributed by atoms with Crippen LogP contribution in [0.5, 0.6) is 5.75 Å². The first kappa shape index (κ1) is 15.9. The summed E-state index contributed by atoms with van der Waals surface area (Å²) in [5.41, 5.74) is 0.743. The number of hydrogen-bond acceptors (Lipinski definition) is 4. The average Bonchev–Trinajstić information content (AvgIpc) is 2.47. The van der Waals surface area contributed by atoms with Crippen LogP contribution in [0.1, 0.15) is 13.3 Å². The Hall–Kier alpha value is -1.51. The predicted octanol–water partition coefficient (Wildman–Crippen LogP) is 4.17. The molecular weight excluding hydrogens is 391 g/mol. The molecule has 21 heavy (non-hydrogen) atoms. The minimum Gasteiger partial charge on any atom is -0.435 e. The first-order valence-corrected chi connectivity index (χ1v) is 7.49. The smallest absolute Gasteiger partial charge is 0.387 e. The van der Waals surface area contributed by atoms with Gasteiger partial charge in [0.2, 0.25) is 0 Å². The third-order valence-electron chi connectivity index (χ3n) is 2.62. The molecule has 0 bridgehead atoms. The van der Waals surface area contributed by atoms with Crippen molar-refractivity contribution in [3.8, 4) is 17.1 Å². The summed E-state index contributed by atoms with van der Waals surface area (Å²) in [5, 5.41) is 3.23. The Balaban J connectivity index is 2.21. The molecule has 0 saturated carbocycles. The third-order valence-corrected chi connectivity index (χ3v) is 3.41. The molecular formula is C14H14F2IN3O. The minimum atomic E-state index is -2.82. The zero-order chi connectivity index (χ0) is 15.2. The van der Waals surface area contributed by atoms with E-state index in [0.717, 1.165) is 27.9 Å². The van der Waals surface area contributed by atoms with Gasteiger partial charge in [-0.05, 0) is 53.3 Å². The molecule has 0 aliphatic heterocycles. The minimum absolute atomic E-state index is 0.114. The summed E-state index contributed by atoms with van der Waals surface area (Å²) in [6.45, 7) is 0.0763. The summed E-state index contributed by atoms with van der Waals surface area (Å²) in [4.78, 5) is 8.71. The van der Waals surface area contributed by atoms with Gasteiger partial charge in [-0.2, -0.15) is 8.78 Å². The normalized spacial score (nSPS) is 10.7. The van der Waals surface area contributed by atoms with Gasteiger partial charge in [-0.1, -0.05) is 6.92 Å². The number of ether oxygens (including phenoxy) is 1. The van der Waals surface area contributed by atoms with Gasteiger partial charge in [-0.15, -0.1) is 0 Å². The van der Waals surface area contributed by atoms with E-state index in [4.69, 9.17) is 0 Å². The fourth-order valence-electron chi connectivity index (χ4n) is 1.66. The van der Waals surface area contributed by atoms with Gasteiger partial charge in [0.15, 0.2) is 5.82 Å². The van der Waals surface area contributed by atoms with Crippen LogP contribution in [0.2, 0.25) is 0 Å². The molecule has 0 aliphatic carbocycles. The average molecular weight is 405 g/mol. The van der Waals surface area contributed by atoms with Gasteiger partial charge >= 0.3 is 6.61 Å². The molecule has 1 N–H and O–H groups in total. The van der Waals surface area contributed by atoms with E-state index >= 15 is 0 Å². The maximum absolute atomic E-state index is 12.1. The van der Waals surface area contributed by atoms with Gasteiger partial charge in [-0.3, -0.25) is 0 Å². The number of nitrogens with zero attached hydrogens (tertiary/aromatic N) is 2. The number of alkyl halides is 2. The second-order valence-electron chi connectivity index (χ2n) is 4.22. The first-order chi connectivity index (χ1) is 10.1.